The van der Waals surface area contributed by atoms with Crippen LogP contribution in [0.15, 0.2) is 0 Å². The topological polar surface area (TPSA) is 0 Å². The summed E-state index contributed by atoms with van der Waals surface area (Å²) >= 11 is 12.0. The number of halogens is 2. The standard InChI is InChI=1S/C8H16Cl2/c1-7(2,9)5-6-8(3,4)10/h5-6H2,1-4H3/i1+1,2+1,3+1,4+1. The lowest BCUT2D eigenvalue weighted by Crippen LogP contribution is -2.17. The van der Waals surface area contributed by atoms with E-state index in [0.717, 1.165) is 12.8 Å². The van der Waals surface area contributed by atoms with Crippen LogP contribution in [0.1, 0.15) is 40.5 Å². The van der Waals surface area contributed by atoms with Crippen molar-refractivity contribution in [2.45, 2.75) is 50.3 Å². The van der Waals surface area contributed by atoms with Crippen LogP contribution in [-0.2, 0) is 0 Å². The second-order valence-electron chi connectivity index (χ2n) is 3.94. The Kier molecular flexibility index (Phi) is 3.51. The lowest BCUT2D eigenvalue weighted by Gasteiger charge is -2.21. The molecular formula is C8H16Cl2. The van der Waals surface area contributed by atoms with Crippen LogP contribution in [0.5, 0.6) is 0 Å². The highest BCUT2D eigenvalue weighted by Gasteiger charge is 2.19. The minimum absolute atomic E-state index is 0.105. The predicted molar refractivity (Wildman–Crippen MR) is 49.1 cm³/mol. The Morgan fingerprint density at radius 2 is 1.00 bits per heavy atom. The van der Waals surface area contributed by atoms with Crippen LogP contribution in [-0.4, -0.2) is 9.75 Å². The lowest BCUT2D eigenvalue weighted by molar-refractivity contribution is 0.520. The first-order valence-electron chi connectivity index (χ1n) is 3.59. The molecule has 0 atom stereocenters. The van der Waals surface area contributed by atoms with Crippen molar-refractivity contribution in [2.75, 3.05) is 0 Å². The molecule has 0 radical (unpaired) electrons. The van der Waals surface area contributed by atoms with Crippen molar-refractivity contribution in [3.8, 4) is 0 Å². The van der Waals surface area contributed by atoms with E-state index in [2.05, 4.69) is 0 Å². The average molecular weight is 187 g/mol. The van der Waals surface area contributed by atoms with Gasteiger partial charge < -0.3 is 0 Å². The van der Waals surface area contributed by atoms with Gasteiger partial charge in [-0.15, -0.1) is 23.2 Å². The Balaban J connectivity index is 3.56. The smallest absolute Gasteiger partial charge is 0.0391 e. The van der Waals surface area contributed by atoms with E-state index < -0.39 is 0 Å². The fraction of sp³-hybridized carbons (Fsp3) is 1.00. The fourth-order valence-corrected chi connectivity index (χ4v) is 0.783. The summed E-state index contributed by atoms with van der Waals surface area (Å²) in [6.45, 7) is 8.04. The van der Waals surface area contributed by atoms with Gasteiger partial charge in [-0.05, 0) is 40.5 Å². The second kappa shape index (κ2) is 3.32. The molecule has 10 heavy (non-hydrogen) atoms. The van der Waals surface area contributed by atoms with E-state index in [1.807, 2.05) is 27.7 Å². The van der Waals surface area contributed by atoms with Crippen molar-refractivity contribution in [1.82, 2.24) is 0 Å². The van der Waals surface area contributed by atoms with Crippen molar-refractivity contribution in [1.29, 1.82) is 0 Å². The van der Waals surface area contributed by atoms with Crippen LogP contribution >= 0.6 is 23.2 Å². The summed E-state index contributed by atoms with van der Waals surface area (Å²) in [6.07, 6.45) is 1.93. The van der Waals surface area contributed by atoms with Crippen LogP contribution in [0.3, 0.4) is 0 Å². The summed E-state index contributed by atoms with van der Waals surface area (Å²) in [6, 6.07) is 0. The van der Waals surface area contributed by atoms with Crippen LogP contribution in [0.4, 0.5) is 0 Å². The molecule has 0 heterocycles. The minimum Gasteiger partial charge on any atom is -0.120 e. The van der Waals surface area contributed by atoms with Gasteiger partial charge >= 0.3 is 0 Å². The van der Waals surface area contributed by atoms with Crippen molar-refractivity contribution in [2.24, 2.45) is 0 Å². The van der Waals surface area contributed by atoms with E-state index in [0.29, 0.717) is 0 Å². The third-order valence-corrected chi connectivity index (χ3v) is 1.69. The van der Waals surface area contributed by atoms with Gasteiger partial charge in [-0.3, -0.25) is 0 Å². The number of hydrogen-bond donors (Lipinski definition) is 0. The molecular weight excluding hydrogens is 171 g/mol. The first kappa shape index (κ1) is 10.6. The van der Waals surface area contributed by atoms with Gasteiger partial charge in [0.15, 0.2) is 0 Å². The molecule has 0 saturated heterocycles. The number of alkyl halides is 2. The van der Waals surface area contributed by atoms with Crippen LogP contribution in [0.25, 0.3) is 0 Å². The summed E-state index contributed by atoms with van der Waals surface area (Å²) < 4.78 is 0. The third-order valence-electron chi connectivity index (χ3n) is 1.31. The molecule has 0 bridgehead atoms. The summed E-state index contributed by atoms with van der Waals surface area (Å²) in [5, 5.41) is 0. The van der Waals surface area contributed by atoms with Crippen LogP contribution in [0.2, 0.25) is 0 Å². The van der Waals surface area contributed by atoms with Crippen LogP contribution < -0.4 is 0 Å². The highest BCUT2D eigenvalue weighted by molar-refractivity contribution is 6.24. The Hall–Kier alpha value is 0.580. The first-order chi connectivity index (χ1) is 4.21. The van der Waals surface area contributed by atoms with E-state index in [1.165, 1.54) is 0 Å². The summed E-state index contributed by atoms with van der Waals surface area (Å²) in [7, 11) is 0. The van der Waals surface area contributed by atoms with Crippen molar-refractivity contribution >= 4 is 23.2 Å². The largest absolute Gasteiger partial charge is 0.120 e. The maximum atomic E-state index is 5.98. The summed E-state index contributed by atoms with van der Waals surface area (Å²) in [5.41, 5.74) is 0. The number of rotatable bonds is 3. The Morgan fingerprint density at radius 3 is 1.10 bits per heavy atom. The quantitative estimate of drug-likeness (QED) is 0.465. The molecule has 0 nitrogen and oxygen atoms in total. The van der Waals surface area contributed by atoms with E-state index in [9.17, 15) is 0 Å². The van der Waals surface area contributed by atoms with Crippen molar-refractivity contribution < 1.29 is 0 Å². The zero-order valence-corrected chi connectivity index (χ0v) is 8.68. The lowest BCUT2D eigenvalue weighted by atomic mass is 10.1. The zero-order valence-electron chi connectivity index (χ0n) is 7.17. The van der Waals surface area contributed by atoms with Gasteiger partial charge in [-0.1, -0.05) is 0 Å². The zero-order chi connectivity index (χ0) is 8.41. The van der Waals surface area contributed by atoms with Crippen LogP contribution in [0, 0.1) is 0 Å². The SMILES string of the molecule is [13CH3]C([13CH3])(Cl)CCC([13CH3])([13CH3])Cl. The predicted octanol–water partition coefficient (Wildman–Crippen LogP) is 3.80. The fourth-order valence-electron chi connectivity index (χ4n) is 0.594. The Labute approximate surface area is 73.9 Å². The molecule has 0 rings (SSSR count). The van der Waals surface area contributed by atoms with Gasteiger partial charge in [-0.25, -0.2) is 0 Å². The minimum atomic E-state index is -0.105. The molecule has 0 spiro atoms. The highest BCUT2D eigenvalue weighted by atomic mass is 35.5. The Bertz CT molecular complexity index is 80.8. The maximum absolute atomic E-state index is 5.98. The third kappa shape index (κ3) is 8.58. The molecule has 0 N–H and O–H groups in total. The second-order valence-corrected chi connectivity index (χ2v) is 5.98. The Morgan fingerprint density at radius 1 is 0.800 bits per heavy atom. The molecule has 0 aliphatic carbocycles. The van der Waals surface area contributed by atoms with E-state index in [-0.39, 0.29) is 9.75 Å². The molecule has 0 unspecified atom stereocenters. The monoisotopic (exact) mass is 186 g/mol. The maximum Gasteiger partial charge on any atom is 0.0391 e. The highest BCUT2D eigenvalue weighted by Crippen LogP contribution is 2.27. The normalized spacial score (nSPS) is 13.8. The van der Waals surface area contributed by atoms with E-state index in [4.69, 9.17) is 23.2 Å². The summed E-state index contributed by atoms with van der Waals surface area (Å²) in [5.74, 6) is 0. The van der Waals surface area contributed by atoms with Gasteiger partial charge in [0.05, 0.1) is 0 Å². The van der Waals surface area contributed by atoms with E-state index >= 15 is 0 Å². The summed E-state index contributed by atoms with van der Waals surface area (Å²) in [4.78, 5) is -0.210. The average Bonchev–Trinajstić information content (AvgIpc) is 1.57. The molecule has 0 aromatic rings. The molecule has 0 aliphatic rings. The van der Waals surface area contributed by atoms with E-state index in [1.54, 1.807) is 0 Å². The van der Waals surface area contributed by atoms with Gasteiger partial charge in [0, 0.05) is 9.75 Å². The molecule has 0 aromatic heterocycles. The van der Waals surface area contributed by atoms with Gasteiger partial charge in [-0.2, -0.15) is 0 Å². The van der Waals surface area contributed by atoms with Gasteiger partial charge in [0.1, 0.15) is 0 Å². The van der Waals surface area contributed by atoms with Gasteiger partial charge in [0.2, 0.25) is 0 Å². The molecule has 62 valence electrons. The molecule has 0 amide bonds. The van der Waals surface area contributed by atoms with Crippen molar-refractivity contribution in [3.63, 3.8) is 0 Å². The van der Waals surface area contributed by atoms with Crippen molar-refractivity contribution in [3.05, 3.63) is 0 Å². The number of hydrogen-bond acceptors (Lipinski definition) is 0. The first-order valence-corrected chi connectivity index (χ1v) is 4.34. The molecule has 0 aromatic carbocycles. The molecule has 0 aliphatic heterocycles. The molecule has 0 fully saturated rings. The van der Waals surface area contributed by atoms with Gasteiger partial charge in [0.25, 0.3) is 0 Å². The molecule has 0 saturated carbocycles. The molecule has 2 heteroatoms.